The summed E-state index contributed by atoms with van der Waals surface area (Å²) in [4.78, 5) is 0. The lowest BCUT2D eigenvalue weighted by molar-refractivity contribution is -0.324. The van der Waals surface area contributed by atoms with Gasteiger partial charge in [0.15, 0.2) is 6.29 Å². The molecule has 0 amide bonds. The van der Waals surface area contributed by atoms with Crippen molar-refractivity contribution in [3.8, 4) is 0 Å². The molecule has 0 spiro atoms. The number of rotatable bonds is 8. The van der Waals surface area contributed by atoms with Crippen molar-refractivity contribution in [2.24, 2.45) is 5.84 Å². The zero-order valence-electron chi connectivity index (χ0n) is 11.8. The van der Waals surface area contributed by atoms with E-state index in [0.29, 0.717) is 0 Å². The summed E-state index contributed by atoms with van der Waals surface area (Å²) in [6.45, 7) is -1.59. The Bertz CT molecular complexity index is 322. The van der Waals surface area contributed by atoms with Crippen molar-refractivity contribution in [1.82, 2.24) is 5.43 Å². The summed E-state index contributed by atoms with van der Waals surface area (Å²) >= 11 is 0. The molecule has 0 aromatic carbocycles. The minimum atomic E-state index is -1.69. The first-order valence-corrected chi connectivity index (χ1v) is 6.73. The molecule has 132 valence electrons. The molecule has 1 aliphatic rings. The maximum atomic E-state index is 9.83. The van der Waals surface area contributed by atoms with Crippen LogP contribution in [-0.2, 0) is 9.47 Å². The molecule has 10 N–H and O–H groups in total. The van der Waals surface area contributed by atoms with E-state index < -0.39 is 62.2 Å². The van der Waals surface area contributed by atoms with Crippen molar-refractivity contribution < 1.29 is 45.2 Å². The van der Waals surface area contributed by atoms with Crippen LogP contribution in [0.2, 0.25) is 0 Å². The van der Waals surface area contributed by atoms with Gasteiger partial charge in [-0.3, -0.25) is 11.3 Å². The second-order valence-corrected chi connectivity index (χ2v) is 5.02. The lowest BCUT2D eigenvalue weighted by atomic mass is 9.99. The molecular formula is C11H24N2O9. The Morgan fingerprint density at radius 1 is 1.05 bits per heavy atom. The van der Waals surface area contributed by atoms with Gasteiger partial charge in [-0.1, -0.05) is 0 Å². The molecule has 1 saturated heterocycles. The van der Waals surface area contributed by atoms with Gasteiger partial charge in [0.1, 0.15) is 36.6 Å². The van der Waals surface area contributed by atoms with Gasteiger partial charge in [-0.15, -0.1) is 0 Å². The van der Waals surface area contributed by atoms with Crippen molar-refractivity contribution in [3.05, 3.63) is 0 Å². The number of nitrogens with one attached hydrogen (secondary N) is 1. The van der Waals surface area contributed by atoms with Crippen LogP contribution in [0.1, 0.15) is 0 Å². The highest BCUT2D eigenvalue weighted by Crippen LogP contribution is 2.24. The Morgan fingerprint density at radius 3 is 2.18 bits per heavy atom. The van der Waals surface area contributed by atoms with E-state index in [1.54, 1.807) is 0 Å². The molecule has 1 aliphatic heterocycles. The van der Waals surface area contributed by atoms with E-state index in [-0.39, 0.29) is 6.54 Å². The number of hydrogen-bond acceptors (Lipinski definition) is 11. The van der Waals surface area contributed by atoms with Crippen LogP contribution in [0.5, 0.6) is 0 Å². The highest BCUT2D eigenvalue weighted by molar-refractivity contribution is 4.90. The number of hydrazine groups is 1. The Balaban J connectivity index is 2.82. The van der Waals surface area contributed by atoms with Crippen LogP contribution in [-0.4, -0.2) is 105 Å². The number of aliphatic hydroxyl groups is 7. The fourth-order valence-corrected chi connectivity index (χ4v) is 2.11. The van der Waals surface area contributed by atoms with Crippen LogP contribution in [0, 0.1) is 0 Å². The van der Waals surface area contributed by atoms with Crippen molar-refractivity contribution in [1.29, 1.82) is 0 Å². The molecule has 0 radical (unpaired) electrons. The summed E-state index contributed by atoms with van der Waals surface area (Å²) in [6, 6.07) is 0. The van der Waals surface area contributed by atoms with E-state index in [9.17, 15) is 25.5 Å². The van der Waals surface area contributed by atoms with E-state index in [1.165, 1.54) is 0 Å². The lowest BCUT2D eigenvalue weighted by Gasteiger charge is -2.41. The fourth-order valence-electron chi connectivity index (χ4n) is 2.11. The van der Waals surface area contributed by atoms with E-state index in [1.807, 2.05) is 0 Å². The van der Waals surface area contributed by atoms with Crippen molar-refractivity contribution in [2.45, 2.75) is 49.0 Å². The third kappa shape index (κ3) is 4.53. The van der Waals surface area contributed by atoms with E-state index in [4.69, 9.17) is 25.5 Å². The molecule has 0 aromatic heterocycles. The van der Waals surface area contributed by atoms with Crippen LogP contribution >= 0.6 is 0 Å². The van der Waals surface area contributed by atoms with Crippen LogP contribution in [0.3, 0.4) is 0 Å². The Kier molecular flexibility index (Phi) is 8.02. The molecule has 1 rings (SSSR count). The standard InChI is InChI=1S/C11H24N2O9/c12-13-1-4(16)10(5(17)2-14)22-11-9(20)8(19)7(18)6(3-15)21-11/h4-11,13-20H,1-3,12H2/t4-,5-,6-,7+,8+,9-,10+,11+/m1/s1. The predicted molar refractivity (Wildman–Crippen MR) is 69.9 cm³/mol. The predicted octanol–water partition coefficient (Wildman–Crippen LogP) is -5.65. The maximum Gasteiger partial charge on any atom is 0.187 e. The van der Waals surface area contributed by atoms with Gasteiger partial charge in [0, 0.05) is 6.54 Å². The summed E-state index contributed by atoms with van der Waals surface area (Å²) in [5.74, 6) is 5.06. The second-order valence-electron chi connectivity index (χ2n) is 5.02. The normalized spacial score (nSPS) is 36.8. The molecule has 1 heterocycles. The van der Waals surface area contributed by atoms with Crippen molar-refractivity contribution >= 4 is 0 Å². The molecule has 11 nitrogen and oxygen atoms in total. The summed E-state index contributed by atoms with van der Waals surface area (Å²) in [5, 5.41) is 66.7. The van der Waals surface area contributed by atoms with Crippen LogP contribution in [0.4, 0.5) is 0 Å². The third-order valence-corrected chi connectivity index (χ3v) is 3.41. The summed E-state index contributed by atoms with van der Waals surface area (Å²) < 4.78 is 10.3. The molecule has 22 heavy (non-hydrogen) atoms. The third-order valence-electron chi connectivity index (χ3n) is 3.41. The van der Waals surface area contributed by atoms with Gasteiger partial charge >= 0.3 is 0 Å². The van der Waals surface area contributed by atoms with Crippen molar-refractivity contribution in [2.75, 3.05) is 19.8 Å². The van der Waals surface area contributed by atoms with Crippen molar-refractivity contribution in [3.63, 3.8) is 0 Å². The molecule has 0 unspecified atom stereocenters. The van der Waals surface area contributed by atoms with E-state index in [2.05, 4.69) is 5.43 Å². The molecular weight excluding hydrogens is 304 g/mol. The van der Waals surface area contributed by atoms with Gasteiger partial charge in [0.05, 0.1) is 19.3 Å². The highest BCUT2D eigenvalue weighted by atomic mass is 16.7. The number of aliphatic hydroxyl groups excluding tert-OH is 7. The minimum Gasteiger partial charge on any atom is -0.394 e. The van der Waals surface area contributed by atoms with Gasteiger partial charge in [-0.25, -0.2) is 0 Å². The van der Waals surface area contributed by atoms with Gasteiger partial charge in [0.25, 0.3) is 0 Å². The Labute approximate surface area is 126 Å². The zero-order chi connectivity index (χ0) is 16.9. The van der Waals surface area contributed by atoms with E-state index >= 15 is 0 Å². The minimum absolute atomic E-state index is 0.195. The smallest absolute Gasteiger partial charge is 0.187 e. The van der Waals surface area contributed by atoms with E-state index in [0.717, 1.165) is 0 Å². The first-order valence-electron chi connectivity index (χ1n) is 6.73. The number of ether oxygens (including phenoxy) is 2. The molecule has 0 aliphatic carbocycles. The topological polar surface area (TPSA) is 198 Å². The summed E-state index contributed by atoms with van der Waals surface area (Å²) in [6.07, 6.45) is -11.9. The summed E-state index contributed by atoms with van der Waals surface area (Å²) in [5.41, 5.74) is 2.16. The molecule has 11 heteroatoms. The second kappa shape index (κ2) is 9.00. The number of nitrogens with two attached hydrogens (primary N) is 1. The van der Waals surface area contributed by atoms with Gasteiger partial charge in [-0.2, -0.15) is 0 Å². The Hall–Kier alpha value is -0.440. The average molecular weight is 328 g/mol. The fraction of sp³-hybridized carbons (Fsp3) is 1.00. The molecule has 0 aromatic rings. The van der Waals surface area contributed by atoms with Gasteiger partial charge in [-0.05, 0) is 0 Å². The lowest BCUT2D eigenvalue weighted by Crippen LogP contribution is -2.61. The van der Waals surface area contributed by atoms with Crippen LogP contribution < -0.4 is 11.3 Å². The molecule has 1 fully saturated rings. The summed E-state index contributed by atoms with van der Waals surface area (Å²) in [7, 11) is 0. The molecule has 0 bridgehead atoms. The largest absolute Gasteiger partial charge is 0.394 e. The molecule has 0 saturated carbocycles. The molecule has 8 atom stereocenters. The first-order chi connectivity index (χ1) is 10.4. The van der Waals surface area contributed by atoms with Gasteiger partial charge < -0.3 is 45.2 Å². The quantitative estimate of drug-likeness (QED) is 0.152. The zero-order valence-corrected chi connectivity index (χ0v) is 11.8. The maximum absolute atomic E-state index is 9.83. The number of hydrogen-bond donors (Lipinski definition) is 9. The SMILES string of the molecule is NNC[C@@H](O)[C@H](O[C@@H]1O[C@H](CO)[C@H](O)[C@H](O)[C@H]1O)[C@H](O)CO. The van der Waals surface area contributed by atoms with Crippen LogP contribution in [0.25, 0.3) is 0 Å². The monoisotopic (exact) mass is 328 g/mol. The van der Waals surface area contributed by atoms with Crippen LogP contribution in [0.15, 0.2) is 0 Å². The van der Waals surface area contributed by atoms with Gasteiger partial charge in [0.2, 0.25) is 0 Å². The average Bonchev–Trinajstić information content (AvgIpc) is 2.51. The highest BCUT2D eigenvalue weighted by Gasteiger charge is 2.46. The Morgan fingerprint density at radius 2 is 1.68 bits per heavy atom. The first kappa shape index (κ1) is 19.6.